The Labute approximate surface area is 147 Å². The molecule has 7 heteroatoms. The van der Waals surface area contributed by atoms with Crippen molar-refractivity contribution in [1.29, 1.82) is 0 Å². The Balaban J connectivity index is 1.40. The Morgan fingerprint density at radius 1 is 1.20 bits per heavy atom. The van der Waals surface area contributed by atoms with Crippen LogP contribution in [0.4, 0.5) is 0 Å². The maximum Gasteiger partial charge on any atom is 0.320 e. The number of nitrogens with zero attached hydrogens (tertiary/aromatic N) is 4. The van der Waals surface area contributed by atoms with E-state index < -0.39 is 6.10 Å². The molecule has 1 fully saturated rings. The summed E-state index contributed by atoms with van der Waals surface area (Å²) in [6, 6.07) is 10.4. The molecule has 2 heterocycles. The molecule has 1 aliphatic heterocycles. The molecule has 0 N–H and O–H groups in total. The summed E-state index contributed by atoms with van der Waals surface area (Å²) in [5.74, 6) is 0.603. The normalized spacial score (nSPS) is 17.4. The number of hydrogen-bond acceptors (Lipinski definition) is 7. The fourth-order valence-corrected chi connectivity index (χ4v) is 2.89. The molecule has 134 valence electrons. The molecule has 1 atom stereocenters. The summed E-state index contributed by atoms with van der Waals surface area (Å²) in [4.78, 5) is 20.7. The highest BCUT2D eigenvalue weighted by molar-refractivity contribution is 5.71. The molecule has 25 heavy (non-hydrogen) atoms. The van der Waals surface area contributed by atoms with Crippen molar-refractivity contribution in [1.82, 2.24) is 19.9 Å². The van der Waals surface area contributed by atoms with Gasteiger partial charge in [0.15, 0.2) is 11.9 Å². The lowest BCUT2D eigenvalue weighted by atomic mass is 10.2. The van der Waals surface area contributed by atoms with E-state index in [-0.39, 0.29) is 12.5 Å². The highest BCUT2D eigenvalue weighted by atomic mass is 16.6. The van der Waals surface area contributed by atoms with Crippen LogP contribution in [0.1, 0.15) is 30.3 Å². The first-order valence-corrected chi connectivity index (χ1v) is 8.58. The van der Waals surface area contributed by atoms with E-state index in [2.05, 4.69) is 44.2 Å². The molecular weight excluding hydrogens is 320 g/mol. The zero-order valence-corrected chi connectivity index (χ0v) is 14.7. The van der Waals surface area contributed by atoms with Crippen molar-refractivity contribution >= 4 is 5.97 Å². The van der Waals surface area contributed by atoms with E-state index in [0.717, 1.165) is 32.7 Å². The molecule has 2 aromatic rings. The highest BCUT2D eigenvalue weighted by Gasteiger charge is 2.22. The third kappa shape index (κ3) is 5.11. The Morgan fingerprint density at radius 2 is 1.88 bits per heavy atom. The fraction of sp³-hybridized carbons (Fsp3) is 0.500. The predicted octanol–water partition coefficient (Wildman–Crippen LogP) is 1.80. The minimum atomic E-state index is -0.520. The van der Waals surface area contributed by atoms with Gasteiger partial charge < -0.3 is 9.26 Å². The molecular formula is C18H24N4O3. The average Bonchev–Trinajstić information content (AvgIpc) is 3.04. The topological polar surface area (TPSA) is 71.7 Å². The van der Waals surface area contributed by atoms with Gasteiger partial charge in [0.1, 0.15) is 0 Å². The van der Waals surface area contributed by atoms with Gasteiger partial charge in [0.25, 0.3) is 5.89 Å². The van der Waals surface area contributed by atoms with Gasteiger partial charge in [0, 0.05) is 32.7 Å². The standard InChI is InChI=1S/C18H24N4O3/c1-14(18-19-15(2)20-25-18)24-17(23)13-22-10-8-21(9-11-22)12-16-6-4-3-5-7-16/h3-7,14H,8-13H2,1-2H3/t14-/m1/s1. The van der Waals surface area contributed by atoms with E-state index in [4.69, 9.17) is 9.26 Å². The second kappa shape index (κ2) is 8.22. The van der Waals surface area contributed by atoms with Crippen molar-refractivity contribution in [3.05, 3.63) is 47.6 Å². The molecule has 0 unspecified atom stereocenters. The summed E-state index contributed by atoms with van der Waals surface area (Å²) in [5, 5.41) is 3.71. The lowest BCUT2D eigenvalue weighted by Gasteiger charge is -2.34. The van der Waals surface area contributed by atoms with Gasteiger partial charge in [-0.15, -0.1) is 0 Å². The lowest BCUT2D eigenvalue weighted by molar-refractivity contribution is -0.151. The molecule has 7 nitrogen and oxygen atoms in total. The van der Waals surface area contributed by atoms with Crippen molar-refractivity contribution in [3.8, 4) is 0 Å². The molecule has 1 aromatic carbocycles. The van der Waals surface area contributed by atoms with Crippen LogP contribution >= 0.6 is 0 Å². The largest absolute Gasteiger partial charge is 0.452 e. The third-order valence-corrected chi connectivity index (χ3v) is 4.27. The predicted molar refractivity (Wildman–Crippen MR) is 91.7 cm³/mol. The van der Waals surface area contributed by atoms with Gasteiger partial charge in [-0.3, -0.25) is 14.6 Å². The van der Waals surface area contributed by atoms with Gasteiger partial charge in [0.2, 0.25) is 0 Å². The summed E-state index contributed by atoms with van der Waals surface area (Å²) in [6.07, 6.45) is -0.520. The van der Waals surface area contributed by atoms with Gasteiger partial charge in [0.05, 0.1) is 6.54 Å². The van der Waals surface area contributed by atoms with E-state index in [0.29, 0.717) is 11.7 Å². The van der Waals surface area contributed by atoms with E-state index in [1.165, 1.54) is 5.56 Å². The zero-order chi connectivity index (χ0) is 17.6. The fourth-order valence-electron chi connectivity index (χ4n) is 2.89. The smallest absolute Gasteiger partial charge is 0.320 e. The Bertz CT molecular complexity index is 681. The molecule has 0 spiro atoms. The Kier molecular flexibility index (Phi) is 5.78. The van der Waals surface area contributed by atoms with Crippen molar-refractivity contribution in [2.45, 2.75) is 26.5 Å². The SMILES string of the molecule is Cc1noc([C@@H](C)OC(=O)CN2CCN(Cc3ccccc3)CC2)n1. The summed E-state index contributed by atoms with van der Waals surface area (Å²) in [5.41, 5.74) is 1.32. The van der Waals surface area contributed by atoms with Crippen molar-refractivity contribution in [3.63, 3.8) is 0 Å². The van der Waals surface area contributed by atoms with Crippen LogP contribution in [0.15, 0.2) is 34.9 Å². The maximum atomic E-state index is 12.1. The summed E-state index contributed by atoms with van der Waals surface area (Å²) >= 11 is 0. The number of aryl methyl sites for hydroxylation is 1. The molecule has 0 bridgehead atoms. The molecule has 1 aliphatic rings. The van der Waals surface area contributed by atoms with Crippen LogP contribution < -0.4 is 0 Å². The molecule has 0 radical (unpaired) electrons. The number of aromatic nitrogens is 2. The third-order valence-electron chi connectivity index (χ3n) is 4.27. The van der Waals surface area contributed by atoms with Gasteiger partial charge in [-0.05, 0) is 19.4 Å². The van der Waals surface area contributed by atoms with Crippen molar-refractivity contribution in [2.24, 2.45) is 0 Å². The van der Waals surface area contributed by atoms with E-state index >= 15 is 0 Å². The van der Waals surface area contributed by atoms with Crippen LogP contribution in [-0.4, -0.2) is 58.6 Å². The Morgan fingerprint density at radius 3 is 2.52 bits per heavy atom. The van der Waals surface area contributed by atoms with Crippen LogP contribution in [0.5, 0.6) is 0 Å². The maximum absolute atomic E-state index is 12.1. The number of rotatable bonds is 6. The average molecular weight is 344 g/mol. The van der Waals surface area contributed by atoms with Crippen LogP contribution in [0.25, 0.3) is 0 Å². The van der Waals surface area contributed by atoms with Gasteiger partial charge in [-0.1, -0.05) is 35.5 Å². The van der Waals surface area contributed by atoms with Crippen molar-refractivity contribution in [2.75, 3.05) is 32.7 Å². The molecule has 3 rings (SSSR count). The molecule has 0 amide bonds. The first-order chi connectivity index (χ1) is 12.1. The molecule has 1 saturated heterocycles. The van der Waals surface area contributed by atoms with Crippen LogP contribution in [0.3, 0.4) is 0 Å². The first-order valence-electron chi connectivity index (χ1n) is 8.58. The minimum absolute atomic E-state index is 0.264. The Hall–Kier alpha value is -2.25. The highest BCUT2D eigenvalue weighted by Crippen LogP contribution is 2.15. The summed E-state index contributed by atoms with van der Waals surface area (Å²) in [7, 11) is 0. The lowest BCUT2D eigenvalue weighted by Crippen LogP contribution is -2.47. The number of piperazine rings is 1. The summed E-state index contributed by atoms with van der Waals surface area (Å²) in [6.45, 7) is 8.32. The van der Waals surface area contributed by atoms with E-state index in [1.54, 1.807) is 13.8 Å². The quantitative estimate of drug-likeness (QED) is 0.740. The zero-order valence-electron chi connectivity index (χ0n) is 14.7. The van der Waals surface area contributed by atoms with Gasteiger partial charge in [-0.25, -0.2) is 0 Å². The monoisotopic (exact) mass is 344 g/mol. The van der Waals surface area contributed by atoms with Gasteiger partial charge >= 0.3 is 5.97 Å². The van der Waals surface area contributed by atoms with Crippen LogP contribution in [0.2, 0.25) is 0 Å². The van der Waals surface area contributed by atoms with Gasteiger partial charge in [-0.2, -0.15) is 4.98 Å². The molecule has 0 aliphatic carbocycles. The van der Waals surface area contributed by atoms with E-state index in [9.17, 15) is 4.79 Å². The second-order valence-electron chi connectivity index (χ2n) is 6.35. The number of carbonyl (C=O) groups excluding carboxylic acids is 1. The summed E-state index contributed by atoms with van der Waals surface area (Å²) < 4.78 is 10.4. The number of hydrogen-bond donors (Lipinski definition) is 0. The van der Waals surface area contributed by atoms with Crippen molar-refractivity contribution < 1.29 is 14.1 Å². The second-order valence-corrected chi connectivity index (χ2v) is 6.35. The number of ether oxygens (including phenoxy) is 1. The van der Waals surface area contributed by atoms with Crippen LogP contribution in [0, 0.1) is 6.92 Å². The number of esters is 1. The first kappa shape index (κ1) is 17.6. The van der Waals surface area contributed by atoms with E-state index in [1.807, 2.05) is 6.07 Å². The minimum Gasteiger partial charge on any atom is -0.452 e. The number of carbonyl (C=O) groups is 1. The molecule has 1 aromatic heterocycles. The molecule has 0 saturated carbocycles. The van der Waals surface area contributed by atoms with Crippen LogP contribution in [-0.2, 0) is 16.1 Å². The number of benzene rings is 1.